The Bertz CT molecular complexity index is 1270. The third-order valence-corrected chi connectivity index (χ3v) is 7.82. The second kappa shape index (κ2) is 10.1. The van der Waals surface area contributed by atoms with Gasteiger partial charge in [-0.3, -0.25) is 9.52 Å². The van der Waals surface area contributed by atoms with Crippen LogP contribution in [0, 0.1) is 25.2 Å². The Morgan fingerprint density at radius 1 is 1.19 bits per heavy atom. The number of thioether (sulfide) groups is 1. The fourth-order valence-electron chi connectivity index (χ4n) is 2.62. The summed E-state index contributed by atoms with van der Waals surface area (Å²) in [5.41, 5.74) is 1.63. The van der Waals surface area contributed by atoms with Crippen molar-refractivity contribution in [2.45, 2.75) is 42.4 Å². The summed E-state index contributed by atoms with van der Waals surface area (Å²) >= 11 is 2.36. The van der Waals surface area contributed by atoms with Crippen molar-refractivity contribution in [1.82, 2.24) is 15.2 Å². The summed E-state index contributed by atoms with van der Waals surface area (Å²) in [6.07, 6.45) is 0.522. The van der Waals surface area contributed by atoms with Crippen molar-refractivity contribution >= 4 is 49.8 Å². The highest BCUT2D eigenvalue weighted by molar-refractivity contribution is 8.00. The number of carbonyl (C=O) groups is 1. The molecule has 0 fully saturated rings. The van der Waals surface area contributed by atoms with E-state index in [9.17, 15) is 18.5 Å². The second-order valence-corrected chi connectivity index (χ2v) is 10.7. The molecule has 0 spiro atoms. The van der Waals surface area contributed by atoms with Gasteiger partial charge in [0.25, 0.3) is 10.0 Å². The summed E-state index contributed by atoms with van der Waals surface area (Å²) in [6.45, 7) is 5.42. The van der Waals surface area contributed by atoms with Crippen molar-refractivity contribution in [3.05, 3.63) is 52.7 Å². The first kappa shape index (κ1) is 23.6. The average molecular weight is 489 g/mol. The molecular weight excluding hydrogens is 468 g/mol. The number of hydrogen-bond donors (Lipinski definition) is 2. The molecule has 1 aromatic carbocycles. The number of aromatic nitrogens is 3. The standard InChI is InChI=1S/C20H20N6O3S3/c1-4-17(31-19-14(11-21)6-5-12(2)22-19)18(27)23-15-7-9-16(10-8-15)32(28,29)26-20-25-24-13(3)30-20/h5-10,17H,4H2,1-3H3,(H,23,27)(H,25,26). The predicted octanol–water partition coefficient (Wildman–Crippen LogP) is 3.73. The first-order chi connectivity index (χ1) is 15.2. The van der Waals surface area contributed by atoms with E-state index in [2.05, 4.69) is 31.3 Å². The van der Waals surface area contributed by atoms with E-state index < -0.39 is 15.3 Å². The fourth-order valence-corrected chi connectivity index (χ4v) is 5.48. The number of hydrogen-bond acceptors (Lipinski definition) is 9. The lowest BCUT2D eigenvalue weighted by molar-refractivity contribution is -0.115. The highest BCUT2D eigenvalue weighted by atomic mass is 32.2. The maximum atomic E-state index is 12.8. The molecule has 3 rings (SSSR count). The molecule has 1 amide bonds. The van der Waals surface area contributed by atoms with Crippen LogP contribution in [0.1, 0.15) is 29.6 Å². The van der Waals surface area contributed by atoms with Crippen LogP contribution in [0.4, 0.5) is 10.8 Å². The number of sulfonamides is 1. The molecular formula is C20H20N6O3S3. The highest BCUT2D eigenvalue weighted by Crippen LogP contribution is 2.28. The molecule has 2 N–H and O–H groups in total. The topological polar surface area (TPSA) is 138 Å². The van der Waals surface area contributed by atoms with Gasteiger partial charge in [0, 0.05) is 11.4 Å². The SMILES string of the molecule is CCC(Sc1nc(C)ccc1C#N)C(=O)Nc1ccc(S(=O)(=O)Nc2nnc(C)s2)cc1. The van der Waals surface area contributed by atoms with Crippen molar-refractivity contribution in [1.29, 1.82) is 5.26 Å². The van der Waals surface area contributed by atoms with Gasteiger partial charge in [-0.05, 0) is 56.7 Å². The van der Waals surface area contributed by atoms with Gasteiger partial charge in [0.15, 0.2) is 0 Å². The number of pyridine rings is 1. The number of nitriles is 1. The first-order valence-electron chi connectivity index (χ1n) is 9.50. The molecule has 3 aromatic rings. The zero-order chi connectivity index (χ0) is 23.3. The molecule has 9 nitrogen and oxygen atoms in total. The Morgan fingerprint density at radius 3 is 2.50 bits per heavy atom. The summed E-state index contributed by atoms with van der Waals surface area (Å²) < 4.78 is 27.4. The van der Waals surface area contributed by atoms with Crippen molar-refractivity contribution in [3.63, 3.8) is 0 Å². The molecule has 0 aliphatic heterocycles. The Labute approximate surface area is 194 Å². The molecule has 0 aliphatic carbocycles. The average Bonchev–Trinajstić information content (AvgIpc) is 3.16. The fraction of sp³-hybridized carbons (Fsp3) is 0.250. The van der Waals surface area contributed by atoms with Gasteiger partial charge in [-0.2, -0.15) is 5.26 Å². The van der Waals surface area contributed by atoms with Crippen LogP contribution in [-0.4, -0.2) is 34.8 Å². The predicted molar refractivity (Wildman–Crippen MR) is 124 cm³/mol. The van der Waals surface area contributed by atoms with Crippen LogP contribution in [0.2, 0.25) is 0 Å². The Morgan fingerprint density at radius 2 is 1.91 bits per heavy atom. The van der Waals surface area contributed by atoms with Crippen LogP contribution < -0.4 is 10.0 Å². The smallest absolute Gasteiger partial charge is 0.263 e. The maximum absolute atomic E-state index is 12.8. The van der Waals surface area contributed by atoms with E-state index in [0.29, 0.717) is 27.7 Å². The summed E-state index contributed by atoms with van der Waals surface area (Å²) in [5.74, 6) is -0.261. The molecule has 1 atom stereocenters. The van der Waals surface area contributed by atoms with Gasteiger partial charge in [0.2, 0.25) is 11.0 Å². The summed E-state index contributed by atoms with van der Waals surface area (Å²) in [5, 5.41) is 20.5. The van der Waals surface area contributed by atoms with Crippen molar-refractivity contribution in [2.75, 3.05) is 10.0 Å². The minimum Gasteiger partial charge on any atom is -0.325 e. The van der Waals surface area contributed by atoms with Crippen LogP contribution in [0.5, 0.6) is 0 Å². The van der Waals surface area contributed by atoms with Gasteiger partial charge < -0.3 is 5.32 Å². The Kier molecular flexibility index (Phi) is 7.44. The Hall–Kier alpha value is -3.01. The van der Waals surface area contributed by atoms with Gasteiger partial charge in [-0.15, -0.1) is 10.2 Å². The lowest BCUT2D eigenvalue weighted by Gasteiger charge is -2.15. The van der Waals surface area contributed by atoms with E-state index in [1.807, 2.05) is 13.8 Å². The molecule has 166 valence electrons. The normalized spacial score (nSPS) is 12.1. The number of aryl methyl sites for hydroxylation is 2. The van der Waals surface area contributed by atoms with Gasteiger partial charge in [0.1, 0.15) is 16.1 Å². The molecule has 2 heterocycles. The lowest BCUT2D eigenvalue weighted by Crippen LogP contribution is -2.25. The third-order valence-electron chi connectivity index (χ3n) is 4.22. The summed E-state index contributed by atoms with van der Waals surface area (Å²) in [6, 6.07) is 11.4. The largest absolute Gasteiger partial charge is 0.325 e. The first-order valence-corrected chi connectivity index (χ1v) is 12.7. The van der Waals surface area contributed by atoms with Crippen molar-refractivity contribution in [3.8, 4) is 6.07 Å². The van der Waals surface area contributed by atoms with Gasteiger partial charge in [-0.1, -0.05) is 30.0 Å². The van der Waals surface area contributed by atoms with Crippen LogP contribution in [-0.2, 0) is 14.8 Å². The van der Waals surface area contributed by atoms with Crippen molar-refractivity contribution in [2.24, 2.45) is 0 Å². The quantitative estimate of drug-likeness (QED) is 0.458. The number of nitrogens with one attached hydrogen (secondary N) is 2. The number of anilines is 2. The zero-order valence-corrected chi connectivity index (χ0v) is 19.9. The van der Waals surface area contributed by atoms with Crippen LogP contribution in [0.3, 0.4) is 0 Å². The third kappa shape index (κ3) is 5.82. The van der Waals surface area contributed by atoms with E-state index in [1.54, 1.807) is 19.1 Å². The van der Waals surface area contributed by atoms with Gasteiger partial charge in [-0.25, -0.2) is 13.4 Å². The van der Waals surface area contributed by atoms with E-state index in [0.717, 1.165) is 17.0 Å². The molecule has 0 bridgehead atoms. The molecule has 0 saturated carbocycles. The minimum atomic E-state index is -3.82. The molecule has 0 aliphatic rings. The monoisotopic (exact) mass is 488 g/mol. The highest BCUT2D eigenvalue weighted by Gasteiger charge is 2.21. The van der Waals surface area contributed by atoms with Crippen LogP contribution >= 0.6 is 23.1 Å². The van der Waals surface area contributed by atoms with E-state index in [-0.39, 0.29) is 15.9 Å². The van der Waals surface area contributed by atoms with Crippen LogP contribution in [0.15, 0.2) is 46.3 Å². The second-order valence-electron chi connectivity index (χ2n) is 6.68. The van der Waals surface area contributed by atoms with Crippen LogP contribution in [0.25, 0.3) is 0 Å². The number of nitrogens with zero attached hydrogens (tertiary/aromatic N) is 4. The summed E-state index contributed by atoms with van der Waals surface area (Å²) in [7, 11) is -3.82. The summed E-state index contributed by atoms with van der Waals surface area (Å²) in [4.78, 5) is 17.2. The van der Waals surface area contributed by atoms with E-state index >= 15 is 0 Å². The van der Waals surface area contributed by atoms with Crippen molar-refractivity contribution < 1.29 is 13.2 Å². The Balaban J connectivity index is 1.69. The number of amides is 1. The number of carbonyl (C=O) groups excluding carboxylic acids is 1. The zero-order valence-electron chi connectivity index (χ0n) is 17.5. The molecule has 12 heteroatoms. The van der Waals surface area contributed by atoms with E-state index in [1.165, 1.54) is 36.0 Å². The molecule has 1 unspecified atom stereocenters. The van der Waals surface area contributed by atoms with E-state index in [4.69, 9.17) is 0 Å². The van der Waals surface area contributed by atoms with Gasteiger partial charge in [0.05, 0.1) is 15.7 Å². The van der Waals surface area contributed by atoms with Gasteiger partial charge >= 0.3 is 0 Å². The lowest BCUT2D eigenvalue weighted by atomic mass is 10.2. The molecule has 32 heavy (non-hydrogen) atoms. The maximum Gasteiger partial charge on any atom is 0.263 e. The molecule has 0 saturated heterocycles. The number of rotatable bonds is 8. The minimum absolute atomic E-state index is 0.0346. The molecule has 0 radical (unpaired) electrons. The molecule has 2 aromatic heterocycles. The number of benzene rings is 1.